The lowest BCUT2D eigenvalue weighted by molar-refractivity contribution is 0.0696. The Morgan fingerprint density at radius 2 is 2.19 bits per heavy atom. The second kappa shape index (κ2) is 8.82. The molecule has 114 valence electrons. The lowest BCUT2D eigenvalue weighted by atomic mass is 10.1. The van der Waals surface area contributed by atoms with Gasteiger partial charge in [0.15, 0.2) is 5.75 Å². The highest BCUT2D eigenvalue weighted by Gasteiger charge is 2.20. The summed E-state index contributed by atoms with van der Waals surface area (Å²) in [6, 6.07) is 7.12. The van der Waals surface area contributed by atoms with Crippen molar-refractivity contribution in [1.82, 2.24) is 4.90 Å². The van der Waals surface area contributed by atoms with Crippen LogP contribution in [0.2, 0.25) is 0 Å². The monoisotopic (exact) mass is 291 g/mol. The molecule has 1 aromatic carbocycles. The van der Waals surface area contributed by atoms with Gasteiger partial charge < -0.3 is 20.1 Å². The SMILES string of the molecule is CCOc1c(N)cccc1C(=O)N(CCC#N)CCOC. The van der Waals surface area contributed by atoms with Crippen molar-refractivity contribution in [3.8, 4) is 11.8 Å². The molecule has 1 amide bonds. The molecular weight excluding hydrogens is 270 g/mol. The molecule has 0 spiro atoms. The summed E-state index contributed by atoms with van der Waals surface area (Å²) in [4.78, 5) is 14.2. The lowest BCUT2D eigenvalue weighted by Gasteiger charge is -2.23. The number of nitrogens with zero attached hydrogens (tertiary/aromatic N) is 2. The van der Waals surface area contributed by atoms with Crippen LogP contribution in [0, 0.1) is 11.3 Å². The number of nitrogen functional groups attached to an aromatic ring is 1. The molecule has 0 aliphatic rings. The molecule has 2 N–H and O–H groups in total. The minimum atomic E-state index is -0.210. The van der Waals surface area contributed by atoms with Crippen LogP contribution < -0.4 is 10.5 Å². The van der Waals surface area contributed by atoms with Crippen LogP contribution in [0.3, 0.4) is 0 Å². The average Bonchev–Trinajstić information content (AvgIpc) is 2.49. The number of rotatable bonds is 8. The van der Waals surface area contributed by atoms with E-state index >= 15 is 0 Å². The Morgan fingerprint density at radius 1 is 1.43 bits per heavy atom. The fourth-order valence-electron chi connectivity index (χ4n) is 1.90. The molecule has 0 heterocycles. The third kappa shape index (κ3) is 4.65. The standard InChI is InChI=1S/C15H21N3O3/c1-3-21-14-12(6-4-7-13(14)17)15(19)18(9-5-8-16)10-11-20-2/h4,6-7H,3,5,9-11,17H2,1-2H3. The molecule has 1 rings (SSSR count). The summed E-state index contributed by atoms with van der Waals surface area (Å²) in [5.74, 6) is 0.183. The molecule has 0 saturated carbocycles. The number of methoxy groups -OCH3 is 1. The third-order valence-electron chi connectivity index (χ3n) is 2.91. The molecule has 21 heavy (non-hydrogen) atoms. The van der Waals surface area contributed by atoms with E-state index in [1.165, 1.54) is 0 Å². The van der Waals surface area contributed by atoms with Crippen molar-refractivity contribution in [3.05, 3.63) is 23.8 Å². The van der Waals surface area contributed by atoms with Crippen LogP contribution in [0.4, 0.5) is 5.69 Å². The summed E-state index contributed by atoms with van der Waals surface area (Å²) >= 11 is 0. The predicted octanol–water partition coefficient (Wildman–Crippen LogP) is 1.67. The van der Waals surface area contributed by atoms with Crippen molar-refractivity contribution in [2.75, 3.05) is 39.1 Å². The first-order valence-electron chi connectivity index (χ1n) is 6.82. The van der Waals surface area contributed by atoms with Crippen LogP contribution in [0.15, 0.2) is 18.2 Å². The van der Waals surface area contributed by atoms with E-state index in [1.807, 2.05) is 13.0 Å². The first-order chi connectivity index (χ1) is 10.2. The average molecular weight is 291 g/mol. The molecule has 0 fully saturated rings. The number of benzene rings is 1. The molecule has 0 aliphatic carbocycles. The molecule has 0 aliphatic heterocycles. The van der Waals surface area contributed by atoms with E-state index in [0.29, 0.717) is 43.3 Å². The molecule has 6 nitrogen and oxygen atoms in total. The fraction of sp³-hybridized carbons (Fsp3) is 0.467. The first kappa shape index (κ1) is 16.8. The molecule has 0 atom stereocenters. The van der Waals surface area contributed by atoms with Gasteiger partial charge in [-0.3, -0.25) is 4.79 Å². The Morgan fingerprint density at radius 3 is 2.81 bits per heavy atom. The van der Waals surface area contributed by atoms with E-state index in [2.05, 4.69) is 0 Å². The number of nitriles is 1. The van der Waals surface area contributed by atoms with Crippen LogP contribution in [-0.4, -0.2) is 44.2 Å². The Labute approximate surface area is 125 Å². The number of ether oxygens (including phenoxy) is 2. The van der Waals surface area contributed by atoms with Gasteiger partial charge in [0.1, 0.15) is 0 Å². The Bertz CT molecular complexity index is 511. The number of hydrogen-bond donors (Lipinski definition) is 1. The van der Waals surface area contributed by atoms with Gasteiger partial charge in [-0.2, -0.15) is 5.26 Å². The van der Waals surface area contributed by atoms with Crippen molar-refractivity contribution in [2.24, 2.45) is 0 Å². The number of carbonyl (C=O) groups excluding carboxylic acids is 1. The number of hydrogen-bond acceptors (Lipinski definition) is 5. The van der Waals surface area contributed by atoms with Crippen LogP contribution >= 0.6 is 0 Å². The van der Waals surface area contributed by atoms with Crippen molar-refractivity contribution in [2.45, 2.75) is 13.3 Å². The van der Waals surface area contributed by atoms with Crippen molar-refractivity contribution < 1.29 is 14.3 Å². The minimum Gasteiger partial charge on any atom is -0.491 e. The van der Waals surface area contributed by atoms with Crippen molar-refractivity contribution in [3.63, 3.8) is 0 Å². The summed E-state index contributed by atoms with van der Waals surface area (Å²) < 4.78 is 10.5. The summed E-state index contributed by atoms with van der Waals surface area (Å²) in [7, 11) is 1.57. The summed E-state index contributed by atoms with van der Waals surface area (Å²) in [6.45, 7) is 3.42. The van der Waals surface area contributed by atoms with Gasteiger partial charge in [0.25, 0.3) is 5.91 Å². The summed E-state index contributed by atoms with van der Waals surface area (Å²) in [6.07, 6.45) is 0.266. The van der Waals surface area contributed by atoms with Gasteiger partial charge in [-0.15, -0.1) is 0 Å². The van der Waals surface area contributed by atoms with Gasteiger partial charge in [0.05, 0.1) is 37.0 Å². The third-order valence-corrected chi connectivity index (χ3v) is 2.91. The van der Waals surface area contributed by atoms with Crippen LogP contribution in [0.5, 0.6) is 5.75 Å². The largest absolute Gasteiger partial charge is 0.491 e. The van der Waals surface area contributed by atoms with Crippen molar-refractivity contribution >= 4 is 11.6 Å². The van der Waals surface area contributed by atoms with Gasteiger partial charge in [-0.05, 0) is 19.1 Å². The van der Waals surface area contributed by atoms with E-state index in [9.17, 15) is 4.79 Å². The van der Waals surface area contributed by atoms with Crippen molar-refractivity contribution in [1.29, 1.82) is 5.26 Å². The van der Waals surface area contributed by atoms with Crippen LogP contribution in [-0.2, 0) is 4.74 Å². The molecule has 6 heteroatoms. The predicted molar refractivity (Wildman–Crippen MR) is 80.0 cm³/mol. The highest BCUT2D eigenvalue weighted by Crippen LogP contribution is 2.27. The molecule has 0 radical (unpaired) electrons. The number of para-hydroxylation sites is 1. The van der Waals surface area contributed by atoms with E-state index in [1.54, 1.807) is 30.2 Å². The fourth-order valence-corrected chi connectivity index (χ4v) is 1.90. The summed E-state index contributed by atoms with van der Waals surface area (Å²) in [5, 5.41) is 8.71. The highest BCUT2D eigenvalue weighted by molar-refractivity contribution is 5.98. The number of anilines is 1. The maximum atomic E-state index is 12.6. The maximum absolute atomic E-state index is 12.6. The second-order valence-electron chi connectivity index (χ2n) is 4.35. The Hall–Kier alpha value is -2.26. The van der Waals surface area contributed by atoms with Gasteiger partial charge in [-0.1, -0.05) is 6.07 Å². The zero-order valence-electron chi connectivity index (χ0n) is 12.5. The van der Waals surface area contributed by atoms with E-state index in [0.717, 1.165) is 0 Å². The second-order valence-corrected chi connectivity index (χ2v) is 4.35. The minimum absolute atomic E-state index is 0.210. The first-order valence-corrected chi connectivity index (χ1v) is 6.82. The zero-order valence-corrected chi connectivity index (χ0v) is 12.5. The van der Waals surface area contributed by atoms with Gasteiger partial charge in [0.2, 0.25) is 0 Å². The quantitative estimate of drug-likeness (QED) is 0.736. The Balaban J connectivity index is 3.02. The smallest absolute Gasteiger partial charge is 0.257 e. The molecular formula is C15H21N3O3. The van der Waals surface area contributed by atoms with Crippen LogP contribution in [0.25, 0.3) is 0 Å². The molecule has 0 aromatic heterocycles. The number of amides is 1. The van der Waals surface area contributed by atoms with Gasteiger partial charge >= 0.3 is 0 Å². The van der Waals surface area contributed by atoms with E-state index in [4.69, 9.17) is 20.5 Å². The van der Waals surface area contributed by atoms with E-state index in [-0.39, 0.29) is 12.3 Å². The molecule has 0 saturated heterocycles. The molecule has 0 bridgehead atoms. The maximum Gasteiger partial charge on any atom is 0.257 e. The topological polar surface area (TPSA) is 88.6 Å². The summed E-state index contributed by atoms with van der Waals surface area (Å²) in [5.41, 5.74) is 6.71. The highest BCUT2D eigenvalue weighted by atomic mass is 16.5. The molecule has 1 aromatic rings. The Kier molecular flexibility index (Phi) is 7.05. The zero-order chi connectivity index (χ0) is 15.7. The lowest BCUT2D eigenvalue weighted by Crippen LogP contribution is -2.35. The van der Waals surface area contributed by atoms with Crippen LogP contribution in [0.1, 0.15) is 23.7 Å². The normalized spacial score (nSPS) is 9.95. The van der Waals surface area contributed by atoms with E-state index < -0.39 is 0 Å². The van der Waals surface area contributed by atoms with Gasteiger partial charge in [0, 0.05) is 20.2 Å². The molecule has 0 unspecified atom stereocenters. The number of carbonyl (C=O) groups is 1. The number of nitrogens with two attached hydrogens (primary N) is 1. The van der Waals surface area contributed by atoms with Gasteiger partial charge in [-0.25, -0.2) is 0 Å².